The minimum Gasteiger partial charge on any atom is -0.493 e. The van der Waals surface area contributed by atoms with Gasteiger partial charge in [0.25, 0.3) is 0 Å². The van der Waals surface area contributed by atoms with Gasteiger partial charge in [0.15, 0.2) is 5.82 Å². The number of benzene rings is 1. The van der Waals surface area contributed by atoms with E-state index < -0.39 is 0 Å². The number of hydrogen-bond acceptors (Lipinski definition) is 5. The third kappa shape index (κ3) is 3.31. The minimum absolute atomic E-state index is 0.0214. The number of rotatable bonds is 4. The molecule has 0 fully saturated rings. The van der Waals surface area contributed by atoms with Gasteiger partial charge in [0, 0.05) is 29.3 Å². The highest BCUT2D eigenvalue weighted by Gasteiger charge is 2.11. The second kappa shape index (κ2) is 6.59. The average Bonchev–Trinajstić information content (AvgIpc) is 2.96. The number of nitrogens with zero attached hydrogens (tertiary/aromatic N) is 4. The van der Waals surface area contributed by atoms with Gasteiger partial charge in [-0.15, -0.1) is 0 Å². The van der Waals surface area contributed by atoms with Gasteiger partial charge in [0.2, 0.25) is 5.88 Å². The SMILES string of the molecule is N/N=C(\N)c1ccnc(-n2nc(Cc3ccc(Cl)cc3)cc2O)c1. The van der Waals surface area contributed by atoms with Crippen molar-refractivity contribution in [2.24, 2.45) is 16.7 Å². The fraction of sp³-hybridized carbons (Fsp3) is 0.0625. The van der Waals surface area contributed by atoms with E-state index in [1.807, 2.05) is 24.3 Å². The highest BCUT2D eigenvalue weighted by atomic mass is 35.5. The predicted molar refractivity (Wildman–Crippen MR) is 92.2 cm³/mol. The maximum Gasteiger partial charge on any atom is 0.215 e. The second-order valence-electron chi connectivity index (χ2n) is 5.13. The molecule has 0 aliphatic carbocycles. The molecule has 0 aliphatic rings. The Morgan fingerprint density at radius 1 is 1.21 bits per heavy atom. The normalized spacial score (nSPS) is 11.6. The molecule has 5 N–H and O–H groups in total. The van der Waals surface area contributed by atoms with Gasteiger partial charge < -0.3 is 16.7 Å². The molecule has 0 unspecified atom stereocenters. The maximum atomic E-state index is 10.1. The van der Waals surface area contributed by atoms with Crippen molar-refractivity contribution in [3.63, 3.8) is 0 Å². The zero-order chi connectivity index (χ0) is 17.1. The molecular formula is C16H15ClN6O. The number of halogens is 1. The number of aromatic hydroxyl groups is 1. The monoisotopic (exact) mass is 342 g/mol. The number of amidine groups is 1. The number of nitrogens with two attached hydrogens (primary N) is 2. The molecule has 0 radical (unpaired) electrons. The topological polar surface area (TPSA) is 115 Å². The molecule has 24 heavy (non-hydrogen) atoms. The lowest BCUT2D eigenvalue weighted by Gasteiger charge is -2.04. The summed E-state index contributed by atoms with van der Waals surface area (Å²) >= 11 is 5.88. The summed E-state index contributed by atoms with van der Waals surface area (Å²) in [6.45, 7) is 0. The molecule has 3 aromatic rings. The summed E-state index contributed by atoms with van der Waals surface area (Å²) in [4.78, 5) is 4.19. The molecule has 0 bridgehead atoms. The Labute approximate surface area is 143 Å². The standard InChI is InChI=1S/C16H15ClN6O/c17-12-3-1-10(2-4-12)7-13-9-15(24)23(22-13)14-8-11(5-6-20-14)16(18)21-19/h1-6,8-9,24H,7,19H2,(H2,18,21). The van der Waals surface area contributed by atoms with Gasteiger partial charge in [-0.25, -0.2) is 4.98 Å². The van der Waals surface area contributed by atoms with Crippen LogP contribution in [0.4, 0.5) is 0 Å². The fourth-order valence-corrected chi connectivity index (χ4v) is 2.38. The van der Waals surface area contributed by atoms with Crippen LogP contribution in [0.3, 0.4) is 0 Å². The molecule has 0 atom stereocenters. The molecule has 0 saturated carbocycles. The zero-order valence-electron chi connectivity index (χ0n) is 12.6. The Morgan fingerprint density at radius 3 is 2.67 bits per heavy atom. The molecule has 8 heteroatoms. The van der Waals surface area contributed by atoms with E-state index in [1.165, 1.54) is 4.68 Å². The van der Waals surface area contributed by atoms with E-state index in [9.17, 15) is 5.11 Å². The smallest absolute Gasteiger partial charge is 0.215 e. The Morgan fingerprint density at radius 2 is 1.96 bits per heavy atom. The van der Waals surface area contributed by atoms with Gasteiger partial charge >= 0.3 is 0 Å². The van der Waals surface area contributed by atoms with Crippen molar-refractivity contribution in [1.29, 1.82) is 0 Å². The minimum atomic E-state index is -0.0214. The summed E-state index contributed by atoms with van der Waals surface area (Å²) in [5.41, 5.74) is 8.02. The molecule has 122 valence electrons. The van der Waals surface area contributed by atoms with E-state index in [-0.39, 0.29) is 11.7 Å². The van der Waals surface area contributed by atoms with Crippen molar-refractivity contribution < 1.29 is 5.11 Å². The predicted octanol–water partition coefficient (Wildman–Crippen LogP) is 1.80. The van der Waals surface area contributed by atoms with E-state index in [1.54, 1.807) is 24.4 Å². The first-order valence-electron chi connectivity index (χ1n) is 7.09. The lowest BCUT2D eigenvalue weighted by atomic mass is 10.1. The molecule has 0 aliphatic heterocycles. The highest BCUT2D eigenvalue weighted by Crippen LogP contribution is 2.20. The summed E-state index contributed by atoms with van der Waals surface area (Å²) in [5.74, 6) is 5.75. The second-order valence-corrected chi connectivity index (χ2v) is 5.56. The molecule has 0 amide bonds. The number of pyridine rings is 1. The van der Waals surface area contributed by atoms with Crippen LogP contribution in [-0.2, 0) is 6.42 Å². The maximum absolute atomic E-state index is 10.1. The number of aromatic nitrogens is 3. The van der Waals surface area contributed by atoms with Crippen LogP contribution in [0, 0.1) is 0 Å². The van der Waals surface area contributed by atoms with E-state index in [4.69, 9.17) is 23.2 Å². The van der Waals surface area contributed by atoms with Crippen LogP contribution in [-0.4, -0.2) is 25.7 Å². The van der Waals surface area contributed by atoms with Gasteiger partial charge in [0.1, 0.15) is 5.84 Å². The first-order chi connectivity index (χ1) is 11.6. The highest BCUT2D eigenvalue weighted by molar-refractivity contribution is 6.30. The van der Waals surface area contributed by atoms with Crippen LogP contribution in [0.2, 0.25) is 5.02 Å². The molecule has 2 aromatic heterocycles. The van der Waals surface area contributed by atoms with Crippen molar-refractivity contribution >= 4 is 17.4 Å². The molecule has 0 spiro atoms. The quantitative estimate of drug-likeness (QED) is 0.289. The Hall–Kier alpha value is -3.06. The summed E-state index contributed by atoms with van der Waals surface area (Å²) in [6, 6.07) is 12.4. The Balaban J connectivity index is 1.90. The molecule has 3 rings (SSSR count). The molecular weight excluding hydrogens is 328 g/mol. The number of hydrogen-bond donors (Lipinski definition) is 3. The molecule has 0 saturated heterocycles. The van der Waals surface area contributed by atoms with Crippen molar-refractivity contribution in [3.8, 4) is 11.7 Å². The third-order valence-electron chi connectivity index (χ3n) is 3.44. The lowest BCUT2D eigenvalue weighted by molar-refractivity contribution is 0.432. The van der Waals surface area contributed by atoms with Crippen molar-refractivity contribution in [2.75, 3.05) is 0 Å². The van der Waals surface area contributed by atoms with Crippen molar-refractivity contribution in [2.45, 2.75) is 6.42 Å². The summed E-state index contributed by atoms with van der Waals surface area (Å²) in [5, 5.41) is 18.7. The van der Waals surface area contributed by atoms with Gasteiger partial charge in [-0.1, -0.05) is 23.7 Å². The van der Waals surface area contributed by atoms with Crippen LogP contribution >= 0.6 is 11.6 Å². The third-order valence-corrected chi connectivity index (χ3v) is 3.69. The van der Waals surface area contributed by atoms with E-state index >= 15 is 0 Å². The average molecular weight is 343 g/mol. The van der Waals surface area contributed by atoms with Crippen LogP contribution in [0.15, 0.2) is 53.8 Å². The van der Waals surface area contributed by atoms with Gasteiger partial charge in [-0.05, 0) is 29.8 Å². The van der Waals surface area contributed by atoms with Crippen LogP contribution in [0.25, 0.3) is 5.82 Å². The van der Waals surface area contributed by atoms with E-state index in [0.29, 0.717) is 28.5 Å². The van der Waals surface area contributed by atoms with E-state index in [0.717, 1.165) is 5.56 Å². The van der Waals surface area contributed by atoms with E-state index in [2.05, 4.69) is 15.2 Å². The fourth-order valence-electron chi connectivity index (χ4n) is 2.25. The van der Waals surface area contributed by atoms with Crippen molar-refractivity contribution in [1.82, 2.24) is 14.8 Å². The first kappa shape index (κ1) is 15.8. The Bertz CT molecular complexity index is 888. The van der Waals surface area contributed by atoms with Crippen LogP contribution in [0.5, 0.6) is 5.88 Å². The van der Waals surface area contributed by atoms with Crippen molar-refractivity contribution in [3.05, 3.63) is 70.5 Å². The summed E-state index contributed by atoms with van der Waals surface area (Å²) in [7, 11) is 0. The van der Waals surface area contributed by atoms with Gasteiger partial charge in [-0.2, -0.15) is 14.9 Å². The lowest BCUT2D eigenvalue weighted by Crippen LogP contribution is -2.16. The molecule has 2 heterocycles. The van der Waals surface area contributed by atoms with Crippen LogP contribution in [0.1, 0.15) is 16.8 Å². The molecule has 1 aromatic carbocycles. The largest absolute Gasteiger partial charge is 0.493 e. The summed E-state index contributed by atoms with van der Waals surface area (Å²) < 4.78 is 1.33. The van der Waals surface area contributed by atoms with Gasteiger partial charge in [0.05, 0.1) is 5.69 Å². The number of hydrazone groups is 1. The molecule has 7 nitrogen and oxygen atoms in total. The van der Waals surface area contributed by atoms with Gasteiger partial charge in [-0.3, -0.25) is 0 Å². The first-order valence-corrected chi connectivity index (χ1v) is 7.47. The Kier molecular flexibility index (Phi) is 4.35. The zero-order valence-corrected chi connectivity index (χ0v) is 13.4. The summed E-state index contributed by atoms with van der Waals surface area (Å²) in [6.07, 6.45) is 2.10. The van der Waals surface area contributed by atoms with Crippen LogP contribution < -0.4 is 11.6 Å².